The van der Waals surface area contributed by atoms with Crippen molar-refractivity contribution in [2.75, 3.05) is 23.7 Å². The van der Waals surface area contributed by atoms with Crippen molar-refractivity contribution in [1.82, 2.24) is 5.43 Å². The van der Waals surface area contributed by atoms with Crippen LogP contribution >= 0.6 is 11.8 Å². The van der Waals surface area contributed by atoms with E-state index in [4.69, 9.17) is 4.74 Å². The van der Waals surface area contributed by atoms with Crippen LogP contribution in [0.1, 0.15) is 18.1 Å². The number of amides is 1. The second kappa shape index (κ2) is 11.7. The maximum absolute atomic E-state index is 13.4. The van der Waals surface area contributed by atoms with Gasteiger partial charge in [-0.1, -0.05) is 29.8 Å². The van der Waals surface area contributed by atoms with Crippen LogP contribution in [0.5, 0.6) is 5.75 Å². The summed E-state index contributed by atoms with van der Waals surface area (Å²) in [5.41, 5.74) is 4.51. The molecule has 0 atom stereocenters. The number of nitrogens with one attached hydrogen (secondary N) is 1. The Balaban J connectivity index is 1.81. The molecule has 0 saturated carbocycles. The minimum absolute atomic E-state index is 0.0946. The van der Waals surface area contributed by atoms with E-state index in [0.717, 1.165) is 20.3 Å². The monoisotopic (exact) mass is 497 g/mol. The van der Waals surface area contributed by atoms with Gasteiger partial charge in [0.1, 0.15) is 12.3 Å². The molecule has 178 valence electrons. The number of ether oxygens (including phenoxy) is 1. The minimum atomic E-state index is -4.00. The van der Waals surface area contributed by atoms with Crippen LogP contribution < -0.4 is 14.5 Å². The number of thioether (sulfide) groups is 1. The van der Waals surface area contributed by atoms with Crippen molar-refractivity contribution in [3.63, 3.8) is 0 Å². The van der Waals surface area contributed by atoms with Gasteiger partial charge in [-0.05, 0) is 74.2 Å². The van der Waals surface area contributed by atoms with E-state index < -0.39 is 22.5 Å². The van der Waals surface area contributed by atoms with Gasteiger partial charge >= 0.3 is 0 Å². The van der Waals surface area contributed by atoms with Crippen LogP contribution in [-0.2, 0) is 14.8 Å². The number of hydrazone groups is 1. The fraction of sp³-hybridized carbons (Fsp3) is 0.200. The maximum Gasteiger partial charge on any atom is 0.264 e. The highest BCUT2D eigenvalue weighted by atomic mass is 32.2. The van der Waals surface area contributed by atoms with Gasteiger partial charge in [0, 0.05) is 4.90 Å². The van der Waals surface area contributed by atoms with Crippen molar-refractivity contribution in [3.8, 4) is 5.75 Å². The Hall–Kier alpha value is -3.30. The molecule has 3 rings (SSSR count). The van der Waals surface area contributed by atoms with Crippen molar-refractivity contribution >= 4 is 39.6 Å². The second-order valence-corrected chi connectivity index (χ2v) is 10.1. The van der Waals surface area contributed by atoms with Crippen molar-refractivity contribution in [3.05, 3.63) is 83.9 Å². The van der Waals surface area contributed by atoms with E-state index in [1.54, 1.807) is 48.2 Å². The molecular weight excluding hydrogens is 470 g/mol. The molecule has 34 heavy (non-hydrogen) atoms. The van der Waals surface area contributed by atoms with Crippen LogP contribution in [0.25, 0.3) is 0 Å². The first-order valence-electron chi connectivity index (χ1n) is 10.6. The van der Waals surface area contributed by atoms with Crippen molar-refractivity contribution < 1.29 is 17.9 Å². The number of nitrogens with zero attached hydrogens (tertiary/aromatic N) is 2. The molecule has 0 aliphatic heterocycles. The molecule has 0 unspecified atom stereocenters. The summed E-state index contributed by atoms with van der Waals surface area (Å²) in [7, 11) is -4.00. The summed E-state index contributed by atoms with van der Waals surface area (Å²) in [5, 5.41) is 3.98. The first-order chi connectivity index (χ1) is 16.3. The molecular formula is C25H27N3O4S2. The molecule has 0 aliphatic carbocycles. The number of hydrogen-bond acceptors (Lipinski definition) is 6. The quantitative estimate of drug-likeness (QED) is 0.254. The van der Waals surface area contributed by atoms with Crippen LogP contribution in [0.2, 0.25) is 0 Å². The predicted octanol–water partition coefficient (Wildman–Crippen LogP) is 4.46. The number of anilines is 1. The minimum Gasteiger partial charge on any atom is -0.494 e. The van der Waals surface area contributed by atoms with Gasteiger partial charge in [0.25, 0.3) is 15.9 Å². The average Bonchev–Trinajstić information content (AvgIpc) is 2.84. The predicted molar refractivity (Wildman–Crippen MR) is 137 cm³/mol. The normalized spacial score (nSPS) is 11.4. The zero-order valence-corrected chi connectivity index (χ0v) is 20.9. The number of rotatable bonds is 10. The molecule has 0 radical (unpaired) electrons. The highest BCUT2D eigenvalue weighted by Gasteiger charge is 2.27. The van der Waals surface area contributed by atoms with Crippen LogP contribution in [0, 0.1) is 6.92 Å². The molecule has 0 aliphatic rings. The fourth-order valence-electron chi connectivity index (χ4n) is 3.06. The zero-order valence-electron chi connectivity index (χ0n) is 19.3. The Bertz CT molecular complexity index is 1220. The lowest BCUT2D eigenvalue weighted by molar-refractivity contribution is -0.119. The molecule has 0 bridgehead atoms. The summed E-state index contributed by atoms with van der Waals surface area (Å²) >= 11 is 1.63. The Morgan fingerprint density at radius 1 is 1.03 bits per heavy atom. The van der Waals surface area contributed by atoms with E-state index in [1.165, 1.54) is 18.3 Å². The van der Waals surface area contributed by atoms with E-state index in [2.05, 4.69) is 10.5 Å². The van der Waals surface area contributed by atoms with Crippen LogP contribution in [-0.4, -0.2) is 39.9 Å². The van der Waals surface area contributed by atoms with Crippen molar-refractivity contribution in [2.45, 2.75) is 23.6 Å². The molecule has 0 aromatic heterocycles. The summed E-state index contributed by atoms with van der Waals surface area (Å²) in [4.78, 5) is 13.9. The van der Waals surface area contributed by atoms with Gasteiger partial charge in [-0.25, -0.2) is 13.8 Å². The zero-order chi connectivity index (χ0) is 24.6. The van der Waals surface area contributed by atoms with E-state index >= 15 is 0 Å². The summed E-state index contributed by atoms with van der Waals surface area (Å²) in [6, 6.07) is 20.7. The van der Waals surface area contributed by atoms with Crippen molar-refractivity contribution in [2.24, 2.45) is 5.10 Å². The van der Waals surface area contributed by atoms with Gasteiger partial charge in [0.05, 0.1) is 23.4 Å². The fourth-order valence-corrected chi connectivity index (χ4v) is 4.89. The molecule has 3 aromatic rings. The Labute approximate surface area is 204 Å². The lowest BCUT2D eigenvalue weighted by atomic mass is 10.2. The summed E-state index contributed by atoms with van der Waals surface area (Å²) in [6.45, 7) is 3.79. The lowest BCUT2D eigenvalue weighted by Crippen LogP contribution is -2.39. The van der Waals surface area contributed by atoms with E-state index in [1.807, 2.05) is 44.4 Å². The number of aryl methyl sites for hydroxylation is 1. The van der Waals surface area contributed by atoms with Crippen LogP contribution in [0.4, 0.5) is 5.69 Å². The maximum atomic E-state index is 13.4. The summed E-state index contributed by atoms with van der Waals surface area (Å²) < 4.78 is 33.3. The Kier molecular flexibility index (Phi) is 8.72. The van der Waals surface area contributed by atoms with Gasteiger partial charge in [-0.15, -0.1) is 11.8 Å². The largest absolute Gasteiger partial charge is 0.494 e. The van der Waals surface area contributed by atoms with Gasteiger partial charge in [0.15, 0.2) is 0 Å². The lowest BCUT2D eigenvalue weighted by Gasteiger charge is -2.24. The van der Waals surface area contributed by atoms with Gasteiger partial charge in [-0.3, -0.25) is 9.10 Å². The average molecular weight is 498 g/mol. The Morgan fingerprint density at radius 3 is 2.26 bits per heavy atom. The molecule has 0 heterocycles. The number of carbonyl (C=O) groups is 1. The summed E-state index contributed by atoms with van der Waals surface area (Å²) in [5.74, 6) is 0.0435. The summed E-state index contributed by atoms with van der Waals surface area (Å²) in [6.07, 6.45) is 3.50. The van der Waals surface area contributed by atoms with E-state index in [9.17, 15) is 13.2 Å². The number of sulfonamides is 1. The van der Waals surface area contributed by atoms with Gasteiger partial charge < -0.3 is 4.74 Å². The Morgan fingerprint density at radius 2 is 1.68 bits per heavy atom. The molecule has 0 saturated heterocycles. The highest BCUT2D eigenvalue weighted by molar-refractivity contribution is 7.98. The van der Waals surface area contributed by atoms with Crippen LogP contribution in [0.3, 0.4) is 0 Å². The third-order valence-electron chi connectivity index (χ3n) is 4.85. The van der Waals surface area contributed by atoms with E-state index in [0.29, 0.717) is 18.0 Å². The highest BCUT2D eigenvalue weighted by Crippen LogP contribution is 2.26. The molecule has 1 N–H and O–H groups in total. The molecule has 9 heteroatoms. The van der Waals surface area contributed by atoms with E-state index in [-0.39, 0.29) is 4.90 Å². The van der Waals surface area contributed by atoms with Gasteiger partial charge in [-0.2, -0.15) is 5.10 Å². The molecule has 0 fully saturated rings. The SMILES string of the molecule is CCOc1ccc(N(CC(=O)N/N=C\c2ccc(SC)cc2)S(=O)(=O)c2ccc(C)cc2)cc1. The number of benzene rings is 3. The standard InChI is InChI=1S/C25H27N3O4S2/c1-4-32-22-11-9-21(10-12-22)28(34(30,31)24-15-5-19(2)6-16-24)18-25(29)27-26-17-20-7-13-23(33-3)14-8-20/h5-17H,4,18H2,1-3H3,(H,27,29)/b26-17-. The molecule has 3 aromatic carbocycles. The van der Waals surface area contributed by atoms with Crippen LogP contribution in [0.15, 0.2) is 87.7 Å². The number of carbonyl (C=O) groups excluding carboxylic acids is 1. The third-order valence-corrected chi connectivity index (χ3v) is 7.38. The second-order valence-electron chi connectivity index (χ2n) is 7.32. The topological polar surface area (TPSA) is 88.1 Å². The smallest absolute Gasteiger partial charge is 0.264 e. The van der Waals surface area contributed by atoms with Crippen molar-refractivity contribution in [1.29, 1.82) is 0 Å². The first kappa shape index (κ1) is 25.3. The molecule has 7 nitrogen and oxygen atoms in total. The molecule has 1 amide bonds. The van der Waals surface area contributed by atoms with Gasteiger partial charge in [0.2, 0.25) is 0 Å². The number of hydrogen-bond donors (Lipinski definition) is 1. The molecule has 0 spiro atoms. The first-order valence-corrected chi connectivity index (χ1v) is 13.3. The third kappa shape index (κ3) is 6.61.